The Morgan fingerprint density at radius 3 is 2.76 bits per heavy atom. The van der Waals surface area contributed by atoms with Gasteiger partial charge in [0.25, 0.3) is 5.91 Å². The molecule has 0 saturated carbocycles. The van der Waals surface area contributed by atoms with Crippen LogP contribution in [0.25, 0.3) is 16.9 Å². The maximum Gasteiger partial charge on any atom is 0.343 e. The molecule has 0 unspecified atom stereocenters. The highest BCUT2D eigenvalue weighted by atomic mass is 19.1. The van der Waals surface area contributed by atoms with E-state index in [1.165, 1.54) is 33.7 Å². The van der Waals surface area contributed by atoms with Crippen molar-refractivity contribution in [2.45, 2.75) is 13.7 Å². The van der Waals surface area contributed by atoms with Crippen LogP contribution in [0.15, 0.2) is 73.2 Å². The number of esters is 1. The molecule has 0 aliphatic carbocycles. The van der Waals surface area contributed by atoms with Crippen LogP contribution in [0.1, 0.15) is 27.8 Å². The number of nitrogens with zero attached hydrogens (tertiary/aromatic N) is 5. The van der Waals surface area contributed by atoms with Gasteiger partial charge in [-0.1, -0.05) is 12.1 Å². The SMILES string of the molecule is CCOC(=O)c1cnn2c(-c3cccc(NC(=O)c4ccn(COc5ccc(F)cc5F)n4)c3)ccnc12. The molecule has 5 rings (SSSR count). The van der Waals surface area contributed by atoms with Crippen molar-refractivity contribution in [1.29, 1.82) is 0 Å². The Balaban J connectivity index is 1.30. The lowest BCUT2D eigenvalue weighted by molar-refractivity contribution is 0.0528. The molecule has 3 aromatic heterocycles. The van der Waals surface area contributed by atoms with Crippen molar-refractivity contribution >= 4 is 23.2 Å². The van der Waals surface area contributed by atoms with Crippen molar-refractivity contribution in [2.75, 3.05) is 11.9 Å². The molecule has 0 fully saturated rings. The largest absolute Gasteiger partial charge is 0.468 e. The Morgan fingerprint density at radius 1 is 1.08 bits per heavy atom. The highest BCUT2D eigenvalue weighted by molar-refractivity contribution is 6.03. The minimum atomic E-state index is -0.839. The van der Waals surface area contributed by atoms with Crippen LogP contribution in [0.2, 0.25) is 0 Å². The molecule has 1 N–H and O–H groups in total. The average molecular weight is 518 g/mol. The van der Waals surface area contributed by atoms with E-state index < -0.39 is 23.5 Å². The van der Waals surface area contributed by atoms with E-state index >= 15 is 0 Å². The van der Waals surface area contributed by atoms with E-state index in [0.29, 0.717) is 28.7 Å². The summed E-state index contributed by atoms with van der Waals surface area (Å²) in [6.45, 7) is 1.77. The molecule has 192 valence electrons. The molecule has 2 aromatic carbocycles. The lowest BCUT2D eigenvalue weighted by Gasteiger charge is -2.09. The van der Waals surface area contributed by atoms with Crippen LogP contribution in [-0.4, -0.2) is 42.9 Å². The van der Waals surface area contributed by atoms with E-state index in [1.54, 1.807) is 37.4 Å². The standard InChI is InChI=1S/C26H20F2N6O4/c1-2-37-26(36)19-14-30-34-22(8-10-29-24(19)34)16-4-3-5-18(12-16)31-25(35)21-9-11-33(32-21)15-38-23-7-6-17(27)13-20(23)28/h3-14H,2,15H2,1H3,(H,31,35). The second-order valence-corrected chi connectivity index (χ2v) is 7.97. The lowest BCUT2D eigenvalue weighted by Crippen LogP contribution is -2.14. The van der Waals surface area contributed by atoms with E-state index in [2.05, 4.69) is 20.5 Å². The number of anilines is 1. The number of halogens is 2. The number of hydrogen-bond acceptors (Lipinski definition) is 7. The summed E-state index contributed by atoms with van der Waals surface area (Å²) in [5.74, 6) is -2.68. The van der Waals surface area contributed by atoms with E-state index in [-0.39, 0.29) is 30.3 Å². The van der Waals surface area contributed by atoms with Crippen molar-refractivity contribution in [3.8, 4) is 17.0 Å². The Bertz CT molecular complexity index is 1650. The fraction of sp³-hybridized carbons (Fsp3) is 0.115. The molecule has 38 heavy (non-hydrogen) atoms. The van der Waals surface area contributed by atoms with Crippen LogP contribution in [0.4, 0.5) is 14.5 Å². The zero-order valence-electron chi connectivity index (χ0n) is 20.0. The zero-order chi connectivity index (χ0) is 26.6. The molecular formula is C26H20F2N6O4. The predicted molar refractivity (Wildman–Crippen MR) is 132 cm³/mol. The maximum atomic E-state index is 13.8. The number of hydrogen-bond donors (Lipinski definition) is 1. The van der Waals surface area contributed by atoms with Gasteiger partial charge in [-0.05, 0) is 43.3 Å². The minimum absolute atomic E-state index is 0.107. The Morgan fingerprint density at radius 2 is 1.95 bits per heavy atom. The van der Waals surface area contributed by atoms with Gasteiger partial charge < -0.3 is 14.8 Å². The number of benzene rings is 2. The summed E-state index contributed by atoms with van der Waals surface area (Å²) in [5.41, 5.74) is 2.57. The fourth-order valence-electron chi connectivity index (χ4n) is 3.70. The summed E-state index contributed by atoms with van der Waals surface area (Å²) in [4.78, 5) is 29.3. The van der Waals surface area contributed by atoms with E-state index in [1.807, 2.05) is 6.07 Å². The van der Waals surface area contributed by atoms with Crippen LogP contribution < -0.4 is 10.1 Å². The van der Waals surface area contributed by atoms with Gasteiger partial charge in [0, 0.05) is 29.7 Å². The third-order valence-corrected chi connectivity index (χ3v) is 5.43. The predicted octanol–water partition coefficient (Wildman–Crippen LogP) is 4.34. The highest BCUT2D eigenvalue weighted by Crippen LogP contribution is 2.24. The molecule has 5 aromatic rings. The first kappa shape index (κ1) is 24.6. The molecule has 0 saturated heterocycles. The number of carbonyl (C=O) groups excluding carboxylic acids is 2. The number of ether oxygens (including phenoxy) is 2. The molecule has 3 heterocycles. The molecule has 0 atom stereocenters. The monoisotopic (exact) mass is 518 g/mol. The summed E-state index contributed by atoms with van der Waals surface area (Å²) >= 11 is 0. The molecule has 12 heteroatoms. The molecule has 1 amide bonds. The van der Waals surface area contributed by atoms with E-state index in [4.69, 9.17) is 9.47 Å². The summed E-state index contributed by atoms with van der Waals surface area (Å²) in [5, 5.41) is 11.2. The van der Waals surface area contributed by atoms with Crippen LogP contribution in [0.5, 0.6) is 5.75 Å². The molecular weight excluding hydrogens is 498 g/mol. The Labute approximate surface area is 214 Å². The minimum Gasteiger partial charge on any atom is -0.468 e. The average Bonchev–Trinajstić information content (AvgIpc) is 3.56. The number of fused-ring (bicyclic) bond motifs is 1. The highest BCUT2D eigenvalue weighted by Gasteiger charge is 2.18. The van der Waals surface area contributed by atoms with Gasteiger partial charge in [-0.3, -0.25) is 4.79 Å². The quantitative estimate of drug-likeness (QED) is 0.304. The summed E-state index contributed by atoms with van der Waals surface area (Å²) in [6.07, 6.45) is 4.46. The molecule has 10 nitrogen and oxygen atoms in total. The molecule has 0 aliphatic rings. The summed E-state index contributed by atoms with van der Waals surface area (Å²) < 4.78 is 40.0. The number of nitrogens with one attached hydrogen (secondary N) is 1. The molecule has 0 spiro atoms. The van der Waals surface area contributed by atoms with E-state index in [9.17, 15) is 18.4 Å². The third-order valence-electron chi connectivity index (χ3n) is 5.43. The maximum absolute atomic E-state index is 13.8. The number of aromatic nitrogens is 5. The van der Waals surface area contributed by atoms with Gasteiger partial charge in [-0.25, -0.2) is 27.8 Å². The van der Waals surface area contributed by atoms with Crippen molar-refractivity contribution < 1.29 is 27.8 Å². The van der Waals surface area contributed by atoms with Crippen LogP contribution in [-0.2, 0) is 11.5 Å². The Kier molecular flexibility index (Phi) is 6.76. The van der Waals surface area contributed by atoms with Crippen molar-refractivity contribution in [1.82, 2.24) is 24.4 Å². The first-order chi connectivity index (χ1) is 18.4. The van der Waals surface area contributed by atoms with Crippen LogP contribution in [0, 0.1) is 11.6 Å². The van der Waals surface area contributed by atoms with E-state index in [0.717, 1.165) is 6.07 Å². The first-order valence-corrected chi connectivity index (χ1v) is 11.5. The van der Waals surface area contributed by atoms with Gasteiger partial charge in [0.05, 0.1) is 18.5 Å². The van der Waals surface area contributed by atoms with Crippen molar-refractivity contribution in [3.63, 3.8) is 0 Å². The topological polar surface area (TPSA) is 113 Å². The van der Waals surface area contributed by atoms with Gasteiger partial charge in [0.1, 0.15) is 11.4 Å². The first-order valence-electron chi connectivity index (χ1n) is 11.5. The number of rotatable bonds is 8. The molecule has 0 bridgehead atoms. The zero-order valence-corrected chi connectivity index (χ0v) is 20.0. The lowest BCUT2D eigenvalue weighted by atomic mass is 10.1. The van der Waals surface area contributed by atoms with Crippen molar-refractivity contribution in [2.24, 2.45) is 0 Å². The van der Waals surface area contributed by atoms with Crippen LogP contribution >= 0.6 is 0 Å². The van der Waals surface area contributed by atoms with Gasteiger partial charge >= 0.3 is 5.97 Å². The normalized spacial score (nSPS) is 10.9. The summed E-state index contributed by atoms with van der Waals surface area (Å²) in [6, 6.07) is 13.2. The summed E-state index contributed by atoms with van der Waals surface area (Å²) in [7, 11) is 0. The van der Waals surface area contributed by atoms with Gasteiger partial charge in [0.2, 0.25) is 0 Å². The van der Waals surface area contributed by atoms with Crippen molar-refractivity contribution in [3.05, 3.63) is 96.1 Å². The number of amides is 1. The van der Waals surface area contributed by atoms with Gasteiger partial charge in [-0.2, -0.15) is 10.2 Å². The smallest absolute Gasteiger partial charge is 0.343 e. The fourth-order valence-corrected chi connectivity index (χ4v) is 3.70. The second kappa shape index (κ2) is 10.5. The van der Waals surface area contributed by atoms with Gasteiger partial charge in [0.15, 0.2) is 29.6 Å². The third kappa shape index (κ3) is 5.05. The van der Waals surface area contributed by atoms with Crippen LogP contribution in [0.3, 0.4) is 0 Å². The second-order valence-electron chi connectivity index (χ2n) is 7.97. The molecule has 0 aliphatic heterocycles. The molecule has 0 radical (unpaired) electrons. The number of carbonyl (C=O) groups is 2. The van der Waals surface area contributed by atoms with Gasteiger partial charge in [-0.15, -0.1) is 0 Å². The Hall–Kier alpha value is -5.13.